The molecule has 1 saturated heterocycles. The van der Waals surface area contributed by atoms with Gasteiger partial charge in [-0.25, -0.2) is 4.98 Å². The molecule has 2 heterocycles. The molecule has 0 bridgehead atoms. The number of aromatic nitrogens is 2. The summed E-state index contributed by atoms with van der Waals surface area (Å²) in [5.74, 6) is 0.294. The van der Waals surface area contributed by atoms with Gasteiger partial charge in [-0.3, -0.25) is 4.79 Å². The average Bonchev–Trinajstić information content (AvgIpc) is 2.63. The fourth-order valence-electron chi connectivity index (χ4n) is 1.91. The Kier molecular flexibility index (Phi) is 2.82. The summed E-state index contributed by atoms with van der Waals surface area (Å²) in [5.41, 5.74) is 10.8. The summed E-state index contributed by atoms with van der Waals surface area (Å²) in [6.07, 6.45) is 1.63. The Balaban J connectivity index is 2.32. The lowest BCUT2D eigenvalue weighted by molar-refractivity contribution is -0.119. The largest absolute Gasteiger partial charge is 0.368 e. The number of nitrogens with zero attached hydrogens (tertiary/aromatic N) is 3. The molecular formula is C9H12ClN5O. The number of rotatable bonds is 2. The molecule has 0 saturated carbocycles. The normalized spacial score (nSPS) is 20.1. The van der Waals surface area contributed by atoms with Gasteiger partial charge in [-0.1, -0.05) is 11.6 Å². The van der Waals surface area contributed by atoms with Gasteiger partial charge >= 0.3 is 0 Å². The van der Waals surface area contributed by atoms with Crippen molar-refractivity contribution in [2.75, 3.05) is 17.2 Å². The van der Waals surface area contributed by atoms with Crippen molar-refractivity contribution in [3.8, 4) is 0 Å². The summed E-state index contributed by atoms with van der Waals surface area (Å²) in [6, 6.07) is 1.25. The maximum absolute atomic E-state index is 11.2. The first kappa shape index (κ1) is 10.9. The van der Waals surface area contributed by atoms with E-state index in [-0.39, 0.29) is 23.1 Å². The van der Waals surface area contributed by atoms with Gasteiger partial charge in [0.1, 0.15) is 17.0 Å². The first-order valence-electron chi connectivity index (χ1n) is 4.94. The van der Waals surface area contributed by atoms with Crippen LogP contribution in [0.4, 0.5) is 11.8 Å². The number of carbonyl (C=O) groups is 1. The van der Waals surface area contributed by atoms with Crippen LogP contribution in [0.2, 0.25) is 5.15 Å². The van der Waals surface area contributed by atoms with Crippen LogP contribution in [0.25, 0.3) is 0 Å². The Morgan fingerprint density at radius 1 is 1.56 bits per heavy atom. The summed E-state index contributed by atoms with van der Waals surface area (Å²) in [7, 11) is 0. The zero-order valence-electron chi connectivity index (χ0n) is 8.56. The zero-order valence-corrected chi connectivity index (χ0v) is 9.31. The molecule has 0 radical (unpaired) electrons. The van der Waals surface area contributed by atoms with Crippen molar-refractivity contribution in [1.82, 2.24) is 9.97 Å². The highest BCUT2D eigenvalue weighted by Gasteiger charge is 2.30. The number of hydrogen-bond acceptors (Lipinski definition) is 5. The molecule has 0 spiro atoms. The number of halogens is 1. The molecule has 1 aliphatic heterocycles. The van der Waals surface area contributed by atoms with Gasteiger partial charge in [-0.15, -0.1) is 0 Å². The van der Waals surface area contributed by atoms with E-state index in [4.69, 9.17) is 23.1 Å². The molecule has 16 heavy (non-hydrogen) atoms. The Labute approximate surface area is 97.6 Å². The number of nitrogen functional groups attached to an aromatic ring is 1. The molecule has 1 fully saturated rings. The zero-order chi connectivity index (χ0) is 11.7. The molecule has 0 unspecified atom stereocenters. The van der Waals surface area contributed by atoms with E-state index in [1.54, 1.807) is 6.07 Å². The third kappa shape index (κ3) is 2.01. The van der Waals surface area contributed by atoms with Crippen molar-refractivity contribution in [3.05, 3.63) is 11.2 Å². The third-order valence-electron chi connectivity index (χ3n) is 2.57. The highest BCUT2D eigenvalue weighted by Crippen LogP contribution is 2.25. The van der Waals surface area contributed by atoms with Crippen molar-refractivity contribution >= 4 is 29.3 Å². The minimum absolute atomic E-state index is 0.0950. The van der Waals surface area contributed by atoms with Crippen LogP contribution in [0, 0.1) is 0 Å². The Hall–Kier alpha value is -1.56. The second-order valence-electron chi connectivity index (χ2n) is 3.66. The van der Waals surface area contributed by atoms with Crippen LogP contribution in [0.3, 0.4) is 0 Å². The SMILES string of the molecule is NC(=O)[C@@H]1CCCN1c1cc(Cl)nc(N)n1. The lowest BCUT2D eigenvalue weighted by Gasteiger charge is -2.23. The maximum Gasteiger partial charge on any atom is 0.240 e. The molecule has 1 aromatic heterocycles. The number of amides is 1. The third-order valence-corrected chi connectivity index (χ3v) is 2.77. The van der Waals surface area contributed by atoms with Gasteiger partial charge in [0.15, 0.2) is 0 Å². The van der Waals surface area contributed by atoms with Gasteiger partial charge in [-0.05, 0) is 12.8 Å². The fraction of sp³-hybridized carbons (Fsp3) is 0.444. The summed E-state index contributed by atoms with van der Waals surface area (Å²) >= 11 is 5.78. The predicted molar refractivity (Wildman–Crippen MR) is 61.0 cm³/mol. The van der Waals surface area contributed by atoms with Crippen LogP contribution in [0.15, 0.2) is 6.07 Å². The van der Waals surface area contributed by atoms with E-state index in [1.165, 1.54) is 0 Å². The first-order chi connectivity index (χ1) is 7.58. The lowest BCUT2D eigenvalue weighted by Crippen LogP contribution is -2.40. The molecule has 0 aromatic carbocycles. The molecule has 0 aliphatic carbocycles. The summed E-state index contributed by atoms with van der Waals surface area (Å²) in [6.45, 7) is 0.723. The lowest BCUT2D eigenvalue weighted by atomic mass is 10.2. The topological polar surface area (TPSA) is 98.1 Å². The second kappa shape index (κ2) is 4.13. The van der Waals surface area contributed by atoms with E-state index in [2.05, 4.69) is 9.97 Å². The van der Waals surface area contributed by atoms with Crippen LogP contribution >= 0.6 is 11.6 Å². The van der Waals surface area contributed by atoms with Crippen LogP contribution in [0.5, 0.6) is 0 Å². The van der Waals surface area contributed by atoms with Crippen molar-refractivity contribution in [1.29, 1.82) is 0 Å². The molecule has 1 aliphatic rings. The van der Waals surface area contributed by atoms with Crippen LogP contribution in [-0.4, -0.2) is 28.5 Å². The van der Waals surface area contributed by atoms with Crippen molar-refractivity contribution in [2.24, 2.45) is 5.73 Å². The predicted octanol–water partition coefficient (Wildman–Crippen LogP) is 0.166. The maximum atomic E-state index is 11.2. The van der Waals surface area contributed by atoms with Crippen molar-refractivity contribution in [3.63, 3.8) is 0 Å². The average molecular weight is 242 g/mol. The van der Waals surface area contributed by atoms with E-state index < -0.39 is 0 Å². The van der Waals surface area contributed by atoms with Crippen LogP contribution < -0.4 is 16.4 Å². The number of hydrogen-bond donors (Lipinski definition) is 2. The molecule has 1 aromatic rings. The number of nitrogens with two attached hydrogens (primary N) is 2. The molecule has 4 N–H and O–H groups in total. The van der Waals surface area contributed by atoms with Crippen molar-refractivity contribution < 1.29 is 4.79 Å². The Morgan fingerprint density at radius 3 is 2.94 bits per heavy atom. The van der Waals surface area contributed by atoms with Gasteiger partial charge in [0, 0.05) is 12.6 Å². The molecule has 6 nitrogen and oxygen atoms in total. The van der Waals surface area contributed by atoms with E-state index in [1.807, 2.05) is 4.90 Å². The number of primary amides is 1. The number of anilines is 2. The highest BCUT2D eigenvalue weighted by molar-refractivity contribution is 6.29. The smallest absolute Gasteiger partial charge is 0.240 e. The minimum Gasteiger partial charge on any atom is -0.368 e. The van der Waals surface area contributed by atoms with Gasteiger partial charge < -0.3 is 16.4 Å². The van der Waals surface area contributed by atoms with Crippen LogP contribution in [0.1, 0.15) is 12.8 Å². The van der Waals surface area contributed by atoms with Gasteiger partial charge in [0.05, 0.1) is 0 Å². The quantitative estimate of drug-likeness (QED) is 0.719. The molecule has 86 valence electrons. The molecule has 1 amide bonds. The second-order valence-corrected chi connectivity index (χ2v) is 4.05. The number of carbonyl (C=O) groups excluding carboxylic acids is 1. The van der Waals surface area contributed by atoms with Gasteiger partial charge in [0.2, 0.25) is 11.9 Å². The summed E-state index contributed by atoms with van der Waals surface area (Å²) in [5, 5.41) is 0.262. The van der Waals surface area contributed by atoms with Crippen LogP contribution in [-0.2, 0) is 4.79 Å². The minimum atomic E-state index is -0.356. The fourth-order valence-corrected chi connectivity index (χ4v) is 2.09. The standard InChI is InChI=1S/C9H12ClN5O/c10-6-4-7(14-9(12)13-6)15-3-1-2-5(15)8(11)16/h4-5H,1-3H2,(H2,11,16)(H2,12,13,14)/t5-/m0/s1. The van der Waals surface area contributed by atoms with E-state index in [9.17, 15) is 4.79 Å². The molecule has 7 heteroatoms. The van der Waals surface area contributed by atoms with Gasteiger partial charge in [-0.2, -0.15) is 4.98 Å². The highest BCUT2D eigenvalue weighted by atomic mass is 35.5. The first-order valence-corrected chi connectivity index (χ1v) is 5.32. The summed E-state index contributed by atoms with van der Waals surface area (Å²) in [4.78, 5) is 20.9. The van der Waals surface area contributed by atoms with E-state index in [0.717, 1.165) is 19.4 Å². The molecular weight excluding hydrogens is 230 g/mol. The monoisotopic (exact) mass is 241 g/mol. The van der Waals surface area contributed by atoms with E-state index >= 15 is 0 Å². The Morgan fingerprint density at radius 2 is 2.31 bits per heavy atom. The molecule has 1 atom stereocenters. The van der Waals surface area contributed by atoms with Crippen molar-refractivity contribution in [2.45, 2.75) is 18.9 Å². The van der Waals surface area contributed by atoms with Gasteiger partial charge in [0.25, 0.3) is 0 Å². The van der Waals surface area contributed by atoms with E-state index in [0.29, 0.717) is 5.82 Å². The Bertz CT molecular complexity index is 404. The molecule has 2 rings (SSSR count). The summed E-state index contributed by atoms with van der Waals surface area (Å²) < 4.78 is 0.